The molecule has 19 heavy (non-hydrogen) atoms. The van der Waals surface area contributed by atoms with Gasteiger partial charge in [0.15, 0.2) is 0 Å². The molecule has 0 spiro atoms. The van der Waals surface area contributed by atoms with E-state index in [0.717, 1.165) is 25.8 Å². The average Bonchev–Trinajstić information content (AvgIpc) is 2.88. The first-order chi connectivity index (χ1) is 9.06. The van der Waals surface area contributed by atoms with Gasteiger partial charge in [0.1, 0.15) is 0 Å². The number of nitrogens with zero attached hydrogens (tertiary/aromatic N) is 1. The third kappa shape index (κ3) is 3.19. The summed E-state index contributed by atoms with van der Waals surface area (Å²) in [4.78, 5) is 15.0. The van der Waals surface area contributed by atoms with Crippen LogP contribution in [0.1, 0.15) is 52.4 Å². The minimum absolute atomic E-state index is 0.0261. The molecule has 1 atom stereocenters. The van der Waals surface area contributed by atoms with E-state index in [0.29, 0.717) is 12.6 Å². The summed E-state index contributed by atoms with van der Waals surface area (Å²) in [6.07, 6.45) is 9.00. The van der Waals surface area contributed by atoms with Gasteiger partial charge in [-0.05, 0) is 37.6 Å². The van der Waals surface area contributed by atoms with E-state index in [4.69, 9.17) is 0 Å². The van der Waals surface area contributed by atoms with Crippen molar-refractivity contribution in [3.8, 4) is 0 Å². The minimum Gasteiger partial charge on any atom is -0.335 e. The molecular formula is C16H28N2O. The monoisotopic (exact) mass is 264 g/mol. The Hall–Kier alpha value is -0.830. The molecule has 1 aliphatic heterocycles. The molecule has 0 aromatic carbocycles. The zero-order valence-electron chi connectivity index (χ0n) is 12.5. The molecular weight excluding hydrogens is 236 g/mol. The van der Waals surface area contributed by atoms with Gasteiger partial charge in [-0.3, -0.25) is 4.79 Å². The van der Waals surface area contributed by atoms with E-state index < -0.39 is 0 Å². The van der Waals surface area contributed by atoms with Gasteiger partial charge in [-0.25, -0.2) is 0 Å². The summed E-state index contributed by atoms with van der Waals surface area (Å²) in [6, 6.07) is 0.409. The van der Waals surface area contributed by atoms with Crippen molar-refractivity contribution in [1.29, 1.82) is 0 Å². The van der Waals surface area contributed by atoms with E-state index >= 15 is 0 Å². The van der Waals surface area contributed by atoms with Crippen molar-refractivity contribution in [3.05, 3.63) is 12.7 Å². The van der Waals surface area contributed by atoms with Crippen molar-refractivity contribution >= 4 is 5.91 Å². The van der Waals surface area contributed by atoms with Gasteiger partial charge in [0.2, 0.25) is 5.91 Å². The lowest BCUT2D eigenvalue weighted by atomic mass is 9.77. The Morgan fingerprint density at radius 1 is 1.37 bits per heavy atom. The van der Waals surface area contributed by atoms with Gasteiger partial charge in [0.25, 0.3) is 0 Å². The zero-order valence-corrected chi connectivity index (χ0v) is 12.5. The number of carbonyl (C=O) groups is 1. The number of hydrogen-bond donors (Lipinski definition) is 1. The van der Waals surface area contributed by atoms with Crippen LogP contribution in [0, 0.1) is 5.41 Å². The molecule has 1 heterocycles. The van der Waals surface area contributed by atoms with Crippen LogP contribution in [0.15, 0.2) is 12.7 Å². The molecule has 1 saturated carbocycles. The first kappa shape index (κ1) is 14.6. The fourth-order valence-corrected chi connectivity index (χ4v) is 3.57. The maximum atomic E-state index is 12.9. The molecule has 0 aromatic rings. The Labute approximate surface area is 117 Å². The van der Waals surface area contributed by atoms with E-state index in [1.807, 2.05) is 6.08 Å². The summed E-state index contributed by atoms with van der Waals surface area (Å²) in [6.45, 7) is 9.90. The summed E-state index contributed by atoms with van der Waals surface area (Å²) in [7, 11) is 0. The number of rotatable bonds is 4. The Morgan fingerprint density at radius 2 is 2.05 bits per heavy atom. The number of piperidine rings is 1. The van der Waals surface area contributed by atoms with Gasteiger partial charge in [0.05, 0.1) is 6.04 Å². The molecule has 3 heteroatoms. The second-order valence-electron chi connectivity index (χ2n) is 6.70. The smallest absolute Gasteiger partial charge is 0.240 e. The largest absolute Gasteiger partial charge is 0.335 e. The molecule has 0 bridgehead atoms. The maximum Gasteiger partial charge on any atom is 0.240 e. The van der Waals surface area contributed by atoms with Gasteiger partial charge < -0.3 is 10.2 Å². The van der Waals surface area contributed by atoms with Crippen LogP contribution in [0.3, 0.4) is 0 Å². The minimum atomic E-state index is -0.0261. The molecule has 0 aromatic heterocycles. The van der Waals surface area contributed by atoms with Crippen molar-refractivity contribution in [1.82, 2.24) is 10.2 Å². The highest BCUT2D eigenvalue weighted by molar-refractivity contribution is 5.83. The van der Waals surface area contributed by atoms with Crippen LogP contribution in [-0.2, 0) is 4.79 Å². The van der Waals surface area contributed by atoms with Crippen molar-refractivity contribution < 1.29 is 4.79 Å². The molecule has 1 N–H and O–H groups in total. The first-order valence-electron chi connectivity index (χ1n) is 7.71. The second-order valence-corrected chi connectivity index (χ2v) is 6.70. The van der Waals surface area contributed by atoms with Crippen molar-refractivity contribution in [2.75, 3.05) is 13.1 Å². The molecule has 2 rings (SSSR count). The number of amides is 1. The SMILES string of the molecule is C=CCN(C(=O)C1NCCCC1(C)C)C1CCCC1. The van der Waals surface area contributed by atoms with Crippen LogP contribution in [0.25, 0.3) is 0 Å². The lowest BCUT2D eigenvalue weighted by Gasteiger charge is -2.42. The van der Waals surface area contributed by atoms with Gasteiger partial charge >= 0.3 is 0 Å². The van der Waals surface area contributed by atoms with E-state index in [1.54, 1.807) is 0 Å². The average molecular weight is 264 g/mol. The Kier molecular flexibility index (Phi) is 4.67. The van der Waals surface area contributed by atoms with Crippen LogP contribution < -0.4 is 5.32 Å². The standard InChI is InChI=1S/C16H28N2O/c1-4-12-18(13-8-5-6-9-13)15(19)14-16(2,3)10-7-11-17-14/h4,13-14,17H,1,5-12H2,2-3H3. The summed E-state index contributed by atoms with van der Waals surface area (Å²) in [5.41, 5.74) is 0.0629. The lowest BCUT2D eigenvalue weighted by molar-refractivity contribution is -0.139. The quantitative estimate of drug-likeness (QED) is 0.792. The van der Waals surface area contributed by atoms with Crippen molar-refractivity contribution in [2.45, 2.75) is 64.5 Å². The maximum absolute atomic E-state index is 12.9. The van der Waals surface area contributed by atoms with Crippen LogP contribution in [0.4, 0.5) is 0 Å². The third-order valence-corrected chi connectivity index (χ3v) is 4.75. The predicted molar refractivity (Wildman–Crippen MR) is 79.0 cm³/mol. The predicted octanol–water partition coefficient (Wildman–Crippen LogP) is 2.72. The number of carbonyl (C=O) groups excluding carboxylic acids is 1. The summed E-state index contributed by atoms with van der Waals surface area (Å²) in [5, 5.41) is 3.45. The molecule has 1 unspecified atom stereocenters. The summed E-state index contributed by atoms with van der Waals surface area (Å²) in [5.74, 6) is 0.288. The van der Waals surface area contributed by atoms with Crippen LogP contribution >= 0.6 is 0 Å². The number of nitrogens with one attached hydrogen (secondary N) is 1. The van der Waals surface area contributed by atoms with Gasteiger partial charge in [-0.1, -0.05) is 32.8 Å². The topological polar surface area (TPSA) is 32.3 Å². The highest BCUT2D eigenvalue weighted by Gasteiger charge is 2.40. The van der Waals surface area contributed by atoms with Crippen LogP contribution in [0.2, 0.25) is 0 Å². The van der Waals surface area contributed by atoms with Crippen LogP contribution in [0.5, 0.6) is 0 Å². The molecule has 2 fully saturated rings. The number of hydrogen-bond acceptors (Lipinski definition) is 2. The fourth-order valence-electron chi connectivity index (χ4n) is 3.57. The Balaban J connectivity index is 2.11. The molecule has 0 radical (unpaired) electrons. The lowest BCUT2D eigenvalue weighted by Crippen LogP contribution is -2.58. The first-order valence-corrected chi connectivity index (χ1v) is 7.71. The van der Waals surface area contributed by atoms with Crippen LogP contribution in [-0.4, -0.2) is 36.0 Å². The second kappa shape index (κ2) is 6.08. The molecule has 1 aliphatic carbocycles. The van der Waals surface area contributed by atoms with E-state index in [2.05, 4.69) is 30.6 Å². The summed E-state index contributed by atoms with van der Waals surface area (Å²) >= 11 is 0. The Bertz CT molecular complexity index is 332. The van der Waals surface area contributed by atoms with Gasteiger partial charge in [-0.2, -0.15) is 0 Å². The zero-order chi connectivity index (χ0) is 13.9. The molecule has 108 valence electrons. The van der Waals surface area contributed by atoms with Gasteiger partial charge in [0, 0.05) is 12.6 Å². The van der Waals surface area contributed by atoms with E-state index in [1.165, 1.54) is 19.3 Å². The van der Waals surface area contributed by atoms with Crippen molar-refractivity contribution in [2.24, 2.45) is 5.41 Å². The molecule has 1 amide bonds. The highest BCUT2D eigenvalue weighted by Crippen LogP contribution is 2.33. The summed E-state index contributed by atoms with van der Waals surface area (Å²) < 4.78 is 0. The van der Waals surface area contributed by atoms with E-state index in [9.17, 15) is 4.79 Å². The Morgan fingerprint density at radius 3 is 2.63 bits per heavy atom. The van der Waals surface area contributed by atoms with Crippen molar-refractivity contribution in [3.63, 3.8) is 0 Å². The highest BCUT2D eigenvalue weighted by atomic mass is 16.2. The molecule has 3 nitrogen and oxygen atoms in total. The fraction of sp³-hybridized carbons (Fsp3) is 0.812. The van der Waals surface area contributed by atoms with Gasteiger partial charge in [-0.15, -0.1) is 6.58 Å². The molecule has 2 aliphatic rings. The normalized spacial score (nSPS) is 27.2. The van der Waals surface area contributed by atoms with E-state index in [-0.39, 0.29) is 17.4 Å². The molecule has 1 saturated heterocycles. The third-order valence-electron chi connectivity index (χ3n) is 4.75.